The summed E-state index contributed by atoms with van der Waals surface area (Å²) >= 11 is 0. The normalized spacial score (nSPS) is 13.1. The van der Waals surface area contributed by atoms with Crippen LogP contribution in [0.4, 0.5) is 0 Å². The number of rotatable bonds is 0. The van der Waals surface area contributed by atoms with Gasteiger partial charge in [-0.25, -0.2) is 0 Å². The van der Waals surface area contributed by atoms with E-state index in [-0.39, 0.29) is 11.5 Å². The highest BCUT2D eigenvalue weighted by Gasteiger charge is 2.09. The number of aliphatic imine (C=N–C) groups is 1. The monoisotopic (exact) mass is 387 g/mol. The molecule has 2 aliphatic rings. The number of aromatic amines is 1. The quantitative estimate of drug-likeness (QED) is 0.603. The second kappa shape index (κ2) is 8.48. The minimum atomic E-state index is -0.0371. The van der Waals surface area contributed by atoms with Crippen molar-refractivity contribution in [3.63, 3.8) is 0 Å². The molecule has 0 atom stereocenters. The zero-order chi connectivity index (χ0) is 20.1. The largest absolute Gasteiger partial charge is 0.508 e. The number of nitrogens with one attached hydrogen (secondary N) is 1. The number of allylic oxidation sites excluding steroid dienone is 1. The Balaban J connectivity index is 2.08. The van der Waals surface area contributed by atoms with E-state index in [1.807, 2.05) is 6.07 Å². The van der Waals surface area contributed by atoms with Crippen molar-refractivity contribution in [3.05, 3.63) is 83.7 Å². The first-order chi connectivity index (χ1) is 14.2. The second-order valence-corrected chi connectivity index (χ2v) is 6.70. The van der Waals surface area contributed by atoms with Crippen LogP contribution in [0, 0.1) is 0 Å². The van der Waals surface area contributed by atoms with Crippen LogP contribution in [0.5, 0.6) is 11.5 Å². The summed E-state index contributed by atoms with van der Waals surface area (Å²) in [6, 6.07) is 8.53. The molecular formula is C23H21N3O3. The molecule has 1 aliphatic heterocycles. The summed E-state index contributed by atoms with van der Waals surface area (Å²) in [7, 11) is 0. The highest BCUT2D eigenvalue weighted by Crippen LogP contribution is 2.29. The van der Waals surface area contributed by atoms with E-state index in [0.29, 0.717) is 17.4 Å². The van der Waals surface area contributed by atoms with Crippen LogP contribution in [0.25, 0.3) is 17.0 Å². The number of benzene rings is 1. The number of aromatic nitrogens is 2. The number of H-pyrrole nitrogens is 1. The number of phenolic OH excluding ortho intramolecular Hbond substituents is 2. The number of hydrogen-bond donors (Lipinski definition) is 3. The summed E-state index contributed by atoms with van der Waals surface area (Å²) in [6.45, 7) is 0.565. The number of phenols is 2. The van der Waals surface area contributed by atoms with E-state index < -0.39 is 0 Å². The molecule has 3 N–H and O–H groups in total. The first-order valence-corrected chi connectivity index (χ1v) is 9.35. The molecular weight excluding hydrogens is 366 g/mol. The van der Waals surface area contributed by atoms with Crippen molar-refractivity contribution >= 4 is 23.2 Å². The van der Waals surface area contributed by atoms with Gasteiger partial charge >= 0.3 is 0 Å². The highest BCUT2D eigenvalue weighted by molar-refractivity contribution is 5.92. The van der Waals surface area contributed by atoms with Gasteiger partial charge in [0.05, 0.1) is 18.3 Å². The molecule has 2 heterocycles. The predicted molar refractivity (Wildman–Crippen MR) is 113 cm³/mol. The molecule has 2 aromatic rings. The molecule has 0 saturated carbocycles. The van der Waals surface area contributed by atoms with E-state index in [0.717, 1.165) is 35.2 Å². The van der Waals surface area contributed by atoms with Gasteiger partial charge in [-0.15, -0.1) is 0 Å². The van der Waals surface area contributed by atoms with Crippen molar-refractivity contribution < 1.29 is 14.6 Å². The van der Waals surface area contributed by atoms with Crippen LogP contribution >= 0.6 is 0 Å². The maximum Gasteiger partial charge on any atom is 0.128 e. The minimum Gasteiger partial charge on any atom is -0.508 e. The van der Waals surface area contributed by atoms with Gasteiger partial charge < -0.3 is 19.6 Å². The van der Waals surface area contributed by atoms with Crippen LogP contribution in [0.1, 0.15) is 28.8 Å². The first-order valence-electron chi connectivity index (χ1n) is 9.35. The predicted octanol–water partition coefficient (Wildman–Crippen LogP) is 4.83. The summed E-state index contributed by atoms with van der Waals surface area (Å²) in [5, 5.41) is 20.8. The fraction of sp³-hybridized carbons (Fsp3) is 0.130. The van der Waals surface area contributed by atoms with Crippen LogP contribution in [0.15, 0.2) is 70.7 Å². The zero-order valence-corrected chi connectivity index (χ0v) is 15.7. The van der Waals surface area contributed by atoms with Crippen molar-refractivity contribution in [3.8, 4) is 11.5 Å². The molecule has 29 heavy (non-hydrogen) atoms. The van der Waals surface area contributed by atoms with E-state index in [2.05, 4.69) is 33.2 Å². The van der Waals surface area contributed by atoms with Crippen LogP contribution in [-0.4, -0.2) is 26.4 Å². The summed E-state index contributed by atoms with van der Waals surface area (Å²) in [5.41, 5.74) is 4.54. The average Bonchev–Trinajstić information content (AvgIpc) is 3.13. The van der Waals surface area contributed by atoms with Gasteiger partial charge in [-0.05, 0) is 47.7 Å². The molecule has 4 rings (SSSR count). The lowest BCUT2D eigenvalue weighted by Crippen LogP contribution is -1.95. The molecule has 146 valence electrons. The van der Waals surface area contributed by atoms with Crippen LogP contribution < -0.4 is 0 Å². The maximum atomic E-state index is 10.4. The Hall–Kier alpha value is -3.80. The van der Waals surface area contributed by atoms with Crippen LogP contribution in [-0.2, 0) is 13.0 Å². The Bertz CT molecular complexity index is 1170. The smallest absolute Gasteiger partial charge is 0.128 e. The van der Waals surface area contributed by atoms with Crippen LogP contribution in [0.3, 0.4) is 0 Å². The lowest BCUT2D eigenvalue weighted by atomic mass is 10.0. The van der Waals surface area contributed by atoms with Crippen molar-refractivity contribution in [1.82, 2.24) is 9.97 Å². The summed E-state index contributed by atoms with van der Waals surface area (Å²) in [4.78, 5) is 12.0. The Labute approximate surface area is 167 Å². The average molecular weight is 387 g/mol. The molecule has 0 radical (unpaired) electrons. The Kier molecular flexibility index (Phi) is 5.42. The Morgan fingerprint density at radius 1 is 1.03 bits per heavy atom. The van der Waals surface area contributed by atoms with Gasteiger partial charge in [0.15, 0.2) is 0 Å². The molecule has 0 unspecified atom stereocenters. The van der Waals surface area contributed by atoms with Crippen molar-refractivity contribution in [2.45, 2.75) is 19.4 Å². The number of aromatic hydroxyl groups is 2. The molecule has 1 aromatic carbocycles. The number of fused-ring (bicyclic) bond motifs is 3. The van der Waals surface area contributed by atoms with E-state index in [1.54, 1.807) is 30.7 Å². The summed E-state index contributed by atoms with van der Waals surface area (Å²) in [5.74, 6) is -0.0676. The van der Waals surface area contributed by atoms with Crippen molar-refractivity contribution in [2.24, 2.45) is 4.99 Å². The topological polar surface area (TPSA) is 94.6 Å². The fourth-order valence-corrected chi connectivity index (χ4v) is 3.28. The molecule has 6 nitrogen and oxygen atoms in total. The minimum absolute atomic E-state index is 0.0305. The molecule has 0 spiro atoms. The fourth-order valence-electron chi connectivity index (χ4n) is 3.28. The van der Waals surface area contributed by atoms with E-state index in [4.69, 9.17) is 4.42 Å². The van der Waals surface area contributed by atoms with E-state index in [9.17, 15) is 10.2 Å². The summed E-state index contributed by atoms with van der Waals surface area (Å²) in [6.07, 6.45) is 14.1. The van der Waals surface area contributed by atoms with Gasteiger partial charge in [0, 0.05) is 41.8 Å². The molecule has 0 amide bonds. The van der Waals surface area contributed by atoms with Gasteiger partial charge in [-0.3, -0.25) is 9.98 Å². The lowest BCUT2D eigenvalue weighted by Gasteiger charge is -2.06. The third-order valence-corrected chi connectivity index (χ3v) is 4.67. The maximum absolute atomic E-state index is 10.4. The van der Waals surface area contributed by atoms with Gasteiger partial charge in [-0.2, -0.15) is 0 Å². The van der Waals surface area contributed by atoms with Gasteiger partial charge in [0.1, 0.15) is 17.8 Å². The number of aryl methyl sites for hydroxylation is 1. The molecule has 0 bridgehead atoms. The van der Waals surface area contributed by atoms with Gasteiger partial charge in [0.25, 0.3) is 0 Å². The van der Waals surface area contributed by atoms with Gasteiger partial charge in [0.2, 0.25) is 0 Å². The molecule has 0 fully saturated rings. The summed E-state index contributed by atoms with van der Waals surface area (Å²) < 4.78 is 5.30. The standard InChI is InChI=1S/C23H21N3O3/c27-19-12-22-20(23(28)13-19)11-18-15-24-14-17(18)10-16-4-1-2-5-21(16)25-6-3-8-29-9-7-26-22/h1,3-4,6-13,15,26-28H,2,5,14H2. The Morgan fingerprint density at radius 2 is 1.97 bits per heavy atom. The van der Waals surface area contributed by atoms with E-state index >= 15 is 0 Å². The molecule has 1 aliphatic carbocycles. The molecule has 1 aromatic heterocycles. The van der Waals surface area contributed by atoms with Gasteiger partial charge in [-0.1, -0.05) is 12.2 Å². The highest BCUT2D eigenvalue weighted by atomic mass is 16.3. The molecule has 6 heteroatoms. The second-order valence-electron chi connectivity index (χ2n) is 6.70. The van der Waals surface area contributed by atoms with Crippen LogP contribution in [0.2, 0.25) is 0 Å². The third kappa shape index (κ3) is 4.38. The van der Waals surface area contributed by atoms with Crippen molar-refractivity contribution in [2.75, 3.05) is 0 Å². The zero-order valence-electron chi connectivity index (χ0n) is 15.7. The Morgan fingerprint density at radius 3 is 2.90 bits per heavy atom. The number of nitrogens with zero attached hydrogens (tertiary/aromatic N) is 2. The molecule has 0 saturated heterocycles. The third-order valence-electron chi connectivity index (χ3n) is 4.67. The number of hydrogen-bond acceptors (Lipinski definition) is 5. The SMILES string of the molecule is Oc1cc(O)c2cc3c(cc4c(ncccocc[nH]c2c1)CCC=C4)CN=C3. The lowest BCUT2D eigenvalue weighted by molar-refractivity contribution is 0.455. The van der Waals surface area contributed by atoms with Crippen molar-refractivity contribution in [1.29, 1.82) is 0 Å². The first kappa shape index (κ1) is 18.6. The van der Waals surface area contributed by atoms with E-state index in [1.165, 1.54) is 18.6 Å².